The van der Waals surface area contributed by atoms with E-state index in [1.54, 1.807) is 30.3 Å². The Bertz CT molecular complexity index is 927. The zero-order valence-electron chi connectivity index (χ0n) is 11.9. The molecule has 3 aromatic rings. The minimum atomic E-state index is -0.550. The number of hydrogen-bond donors (Lipinski definition) is 1. The summed E-state index contributed by atoms with van der Waals surface area (Å²) in [5, 5.41) is 3.39. The SMILES string of the molecule is O=C(Nc1ccc(I)cc1F)c1ccc(-c2ccc(Cl)cc2Cl)o1. The largest absolute Gasteiger partial charge is 0.451 e. The highest BCUT2D eigenvalue weighted by molar-refractivity contribution is 14.1. The topological polar surface area (TPSA) is 42.2 Å². The predicted octanol–water partition coefficient (Wildman–Crippen LogP) is 6.25. The van der Waals surface area contributed by atoms with Crippen molar-refractivity contribution in [1.29, 1.82) is 0 Å². The molecule has 1 aromatic heterocycles. The molecule has 0 spiro atoms. The number of carbonyl (C=O) groups is 1. The van der Waals surface area contributed by atoms with Crippen molar-refractivity contribution in [3.63, 3.8) is 0 Å². The van der Waals surface area contributed by atoms with Crippen LogP contribution in [0.15, 0.2) is 52.9 Å². The quantitative estimate of drug-likeness (QED) is 0.455. The average molecular weight is 476 g/mol. The van der Waals surface area contributed by atoms with Gasteiger partial charge in [0.15, 0.2) is 5.76 Å². The maximum Gasteiger partial charge on any atom is 0.291 e. The maximum atomic E-state index is 13.8. The number of hydrogen-bond acceptors (Lipinski definition) is 2. The van der Waals surface area contributed by atoms with Gasteiger partial charge in [0.1, 0.15) is 11.6 Å². The van der Waals surface area contributed by atoms with Crippen molar-refractivity contribution < 1.29 is 13.6 Å². The van der Waals surface area contributed by atoms with Gasteiger partial charge in [0, 0.05) is 14.2 Å². The van der Waals surface area contributed by atoms with Gasteiger partial charge >= 0.3 is 0 Å². The van der Waals surface area contributed by atoms with E-state index < -0.39 is 11.7 Å². The number of furan rings is 1. The lowest BCUT2D eigenvalue weighted by Crippen LogP contribution is -2.12. The second-order valence-electron chi connectivity index (χ2n) is 4.87. The van der Waals surface area contributed by atoms with E-state index in [0.29, 0.717) is 21.4 Å². The normalized spacial score (nSPS) is 10.7. The van der Waals surface area contributed by atoms with Crippen molar-refractivity contribution in [1.82, 2.24) is 0 Å². The van der Waals surface area contributed by atoms with Gasteiger partial charge in [0.25, 0.3) is 5.91 Å². The minimum Gasteiger partial charge on any atom is -0.451 e. The van der Waals surface area contributed by atoms with Crippen LogP contribution >= 0.6 is 45.8 Å². The Hall–Kier alpha value is -1.57. The Morgan fingerprint density at radius 3 is 2.58 bits per heavy atom. The average Bonchev–Trinajstić information content (AvgIpc) is 3.00. The fourth-order valence-corrected chi connectivity index (χ4v) is 3.02. The van der Waals surface area contributed by atoms with Gasteiger partial charge in [-0.25, -0.2) is 4.39 Å². The Morgan fingerprint density at radius 1 is 1.08 bits per heavy atom. The summed E-state index contributed by atoms with van der Waals surface area (Å²) in [7, 11) is 0. The van der Waals surface area contributed by atoms with E-state index in [4.69, 9.17) is 27.6 Å². The van der Waals surface area contributed by atoms with Crippen LogP contribution in [-0.4, -0.2) is 5.91 Å². The molecule has 7 heteroatoms. The predicted molar refractivity (Wildman–Crippen MR) is 101 cm³/mol. The van der Waals surface area contributed by atoms with E-state index in [0.717, 1.165) is 3.57 Å². The number of benzene rings is 2. The summed E-state index contributed by atoms with van der Waals surface area (Å²) in [4.78, 5) is 12.2. The van der Waals surface area contributed by atoms with Crippen LogP contribution in [0.5, 0.6) is 0 Å². The summed E-state index contributed by atoms with van der Waals surface area (Å²) in [5.41, 5.74) is 0.698. The van der Waals surface area contributed by atoms with Gasteiger partial charge in [-0.2, -0.15) is 0 Å². The van der Waals surface area contributed by atoms with E-state index in [1.807, 2.05) is 22.6 Å². The van der Waals surface area contributed by atoms with Crippen molar-refractivity contribution in [2.75, 3.05) is 5.32 Å². The molecule has 0 bridgehead atoms. The monoisotopic (exact) mass is 475 g/mol. The summed E-state index contributed by atoms with van der Waals surface area (Å²) in [6, 6.07) is 12.6. The van der Waals surface area contributed by atoms with Crippen molar-refractivity contribution in [3.05, 3.63) is 73.7 Å². The van der Waals surface area contributed by atoms with Gasteiger partial charge in [-0.3, -0.25) is 4.79 Å². The summed E-state index contributed by atoms with van der Waals surface area (Å²) in [5.74, 6) is -0.590. The molecule has 0 saturated heterocycles. The van der Waals surface area contributed by atoms with Crippen LogP contribution in [0, 0.1) is 9.39 Å². The molecule has 1 amide bonds. The molecule has 0 aliphatic heterocycles. The second-order valence-corrected chi connectivity index (χ2v) is 6.96. The molecular weight excluding hydrogens is 467 g/mol. The van der Waals surface area contributed by atoms with Crippen molar-refractivity contribution >= 4 is 57.4 Å². The van der Waals surface area contributed by atoms with Gasteiger partial charge in [-0.1, -0.05) is 23.2 Å². The lowest BCUT2D eigenvalue weighted by atomic mass is 10.2. The van der Waals surface area contributed by atoms with E-state index in [2.05, 4.69) is 5.32 Å². The van der Waals surface area contributed by atoms with Crippen LogP contribution in [0.1, 0.15) is 10.6 Å². The van der Waals surface area contributed by atoms with E-state index in [-0.39, 0.29) is 11.4 Å². The fraction of sp³-hybridized carbons (Fsp3) is 0. The molecule has 0 unspecified atom stereocenters. The lowest BCUT2D eigenvalue weighted by Gasteiger charge is -2.05. The molecule has 24 heavy (non-hydrogen) atoms. The van der Waals surface area contributed by atoms with Crippen LogP contribution in [0.2, 0.25) is 10.0 Å². The van der Waals surface area contributed by atoms with E-state index in [1.165, 1.54) is 18.2 Å². The van der Waals surface area contributed by atoms with Crippen LogP contribution in [0.4, 0.5) is 10.1 Å². The number of rotatable bonds is 3. The summed E-state index contributed by atoms with van der Waals surface area (Å²) < 4.78 is 20.1. The van der Waals surface area contributed by atoms with Crippen LogP contribution in [0.3, 0.4) is 0 Å². The van der Waals surface area contributed by atoms with Crippen molar-refractivity contribution in [3.8, 4) is 11.3 Å². The molecule has 3 rings (SSSR count). The van der Waals surface area contributed by atoms with Gasteiger partial charge < -0.3 is 9.73 Å². The number of halogens is 4. The Kier molecular flexibility index (Phi) is 5.12. The lowest BCUT2D eigenvalue weighted by molar-refractivity contribution is 0.0997. The Balaban J connectivity index is 1.83. The third-order valence-electron chi connectivity index (χ3n) is 3.21. The fourth-order valence-electron chi connectivity index (χ4n) is 2.07. The first-order valence-electron chi connectivity index (χ1n) is 6.76. The molecule has 1 heterocycles. The molecule has 3 nitrogen and oxygen atoms in total. The summed E-state index contributed by atoms with van der Waals surface area (Å²) in [6.07, 6.45) is 0. The smallest absolute Gasteiger partial charge is 0.291 e. The molecule has 0 fully saturated rings. The van der Waals surface area contributed by atoms with Crippen LogP contribution in [-0.2, 0) is 0 Å². The van der Waals surface area contributed by atoms with E-state index >= 15 is 0 Å². The summed E-state index contributed by atoms with van der Waals surface area (Å²) >= 11 is 14.0. The van der Waals surface area contributed by atoms with Gasteiger partial charge in [-0.05, 0) is 71.1 Å². The molecule has 2 aromatic carbocycles. The first kappa shape index (κ1) is 17.3. The zero-order chi connectivity index (χ0) is 17.3. The zero-order valence-corrected chi connectivity index (χ0v) is 15.6. The highest BCUT2D eigenvalue weighted by atomic mass is 127. The van der Waals surface area contributed by atoms with E-state index in [9.17, 15) is 9.18 Å². The Labute approximate surface area is 160 Å². The van der Waals surface area contributed by atoms with Crippen LogP contribution < -0.4 is 5.32 Å². The molecule has 0 aliphatic rings. The first-order valence-corrected chi connectivity index (χ1v) is 8.59. The molecule has 1 N–H and O–H groups in total. The third-order valence-corrected chi connectivity index (χ3v) is 4.42. The van der Waals surface area contributed by atoms with Crippen molar-refractivity contribution in [2.24, 2.45) is 0 Å². The molecule has 0 saturated carbocycles. The van der Waals surface area contributed by atoms with Crippen molar-refractivity contribution in [2.45, 2.75) is 0 Å². The Morgan fingerprint density at radius 2 is 1.88 bits per heavy atom. The van der Waals surface area contributed by atoms with Gasteiger partial charge in [0.2, 0.25) is 0 Å². The highest BCUT2D eigenvalue weighted by Crippen LogP contribution is 2.31. The molecule has 0 aliphatic carbocycles. The van der Waals surface area contributed by atoms with Gasteiger partial charge in [0.05, 0.1) is 10.7 Å². The standard InChI is InChI=1S/C17H9Cl2FINO2/c18-9-1-3-11(12(19)7-9)15-5-6-16(24-15)17(23)22-14-4-2-10(21)8-13(14)20/h1-8H,(H,22,23). The molecule has 0 atom stereocenters. The minimum absolute atomic E-state index is 0.0500. The maximum absolute atomic E-state index is 13.8. The number of carbonyl (C=O) groups excluding carboxylic acids is 1. The number of amides is 1. The highest BCUT2D eigenvalue weighted by Gasteiger charge is 2.16. The molecule has 0 radical (unpaired) electrons. The number of anilines is 1. The van der Waals surface area contributed by atoms with Crippen LogP contribution in [0.25, 0.3) is 11.3 Å². The third kappa shape index (κ3) is 3.74. The van der Waals surface area contributed by atoms with Gasteiger partial charge in [-0.15, -0.1) is 0 Å². The first-order chi connectivity index (χ1) is 11.4. The molecular formula is C17H9Cl2FINO2. The molecule has 122 valence electrons. The second kappa shape index (κ2) is 7.13. The summed E-state index contributed by atoms with van der Waals surface area (Å²) in [6.45, 7) is 0. The number of nitrogens with one attached hydrogen (secondary N) is 1.